The molecule has 1 amide bonds. The lowest BCUT2D eigenvalue weighted by atomic mass is 10.1. The van der Waals surface area contributed by atoms with Crippen molar-refractivity contribution in [2.24, 2.45) is 0 Å². The molecule has 0 saturated heterocycles. The number of benzene rings is 1. The van der Waals surface area contributed by atoms with Gasteiger partial charge in [-0.2, -0.15) is 5.10 Å². The Morgan fingerprint density at radius 2 is 2.10 bits per heavy atom. The SMILES string of the molecule is Cc1[nH]nc(C(=O)N(C)C(C)c2ccc(Cl)cc2Cl)c1N. The summed E-state index contributed by atoms with van der Waals surface area (Å²) in [6.45, 7) is 3.64. The maximum Gasteiger partial charge on any atom is 0.276 e. The minimum absolute atomic E-state index is 0.215. The van der Waals surface area contributed by atoms with Gasteiger partial charge < -0.3 is 10.6 Å². The number of rotatable bonds is 3. The normalized spacial score (nSPS) is 12.2. The fourth-order valence-corrected chi connectivity index (χ4v) is 2.56. The number of anilines is 1. The number of nitrogens with two attached hydrogens (primary N) is 1. The van der Waals surface area contributed by atoms with Crippen LogP contribution in [0, 0.1) is 6.92 Å². The van der Waals surface area contributed by atoms with Crippen molar-refractivity contribution in [1.29, 1.82) is 0 Å². The highest BCUT2D eigenvalue weighted by molar-refractivity contribution is 6.35. The highest BCUT2D eigenvalue weighted by Gasteiger charge is 2.24. The Hall–Kier alpha value is -1.72. The van der Waals surface area contributed by atoms with E-state index < -0.39 is 0 Å². The van der Waals surface area contributed by atoms with Gasteiger partial charge in [-0.25, -0.2) is 0 Å². The molecular weight excluding hydrogens is 311 g/mol. The van der Waals surface area contributed by atoms with E-state index in [0.29, 0.717) is 21.4 Å². The Kier molecular flexibility index (Phi) is 4.44. The van der Waals surface area contributed by atoms with Gasteiger partial charge >= 0.3 is 0 Å². The van der Waals surface area contributed by atoms with Gasteiger partial charge in [0.05, 0.1) is 17.4 Å². The van der Waals surface area contributed by atoms with Gasteiger partial charge in [0.2, 0.25) is 0 Å². The number of hydrogen-bond acceptors (Lipinski definition) is 3. The van der Waals surface area contributed by atoms with E-state index in [4.69, 9.17) is 28.9 Å². The Morgan fingerprint density at radius 3 is 2.62 bits per heavy atom. The van der Waals surface area contributed by atoms with E-state index in [2.05, 4.69) is 10.2 Å². The molecule has 0 saturated carbocycles. The van der Waals surface area contributed by atoms with E-state index in [-0.39, 0.29) is 17.6 Å². The maximum atomic E-state index is 12.5. The molecule has 3 N–H and O–H groups in total. The first-order chi connectivity index (χ1) is 9.82. The number of nitrogens with zero attached hydrogens (tertiary/aromatic N) is 2. The van der Waals surface area contributed by atoms with Gasteiger partial charge in [0, 0.05) is 17.1 Å². The first kappa shape index (κ1) is 15.7. The molecule has 0 bridgehead atoms. The monoisotopic (exact) mass is 326 g/mol. The quantitative estimate of drug-likeness (QED) is 0.907. The molecule has 5 nitrogen and oxygen atoms in total. The standard InChI is InChI=1S/C14H16Cl2N4O/c1-7-12(17)13(19-18-7)14(21)20(3)8(2)10-5-4-9(15)6-11(10)16/h4-6,8H,17H2,1-3H3,(H,18,19). The van der Waals surface area contributed by atoms with Crippen LogP contribution in [0.25, 0.3) is 0 Å². The van der Waals surface area contributed by atoms with Crippen LogP contribution in [0.2, 0.25) is 10.0 Å². The van der Waals surface area contributed by atoms with Crippen LogP contribution in [-0.2, 0) is 0 Å². The van der Waals surface area contributed by atoms with E-state index >= 15 is 0 Å². The van der Waals surface area contributed by atoms with Gasteiger partial charge in [-0.3, -0.25) is 9.89 Å². The Balaban J connectivity index is 2.28. The molecule has 0 radical (unpaired) electrons. The summed E-state index contributed by atoms with van der Waals surface area (Å²) >= 11 is 12.1. The summed E-state index contributed by atoms with van der Waals surface area (Å²) in [5.41, 5.74) is 7.90. The molecule has 1 aromatic heterocycles. The molecule has 2 aromatic rings. The van der Waals surface area contributed by atoms with Crippen molar-refractivity contribution in [3.63, 3.8) is 0 Å². The molecule has 0 aliphatic rings. The average Bonchev–Trinajstić information content (AvgIpc) is 2.77. The first-order valence-electron chi connectivity index (χ1n) is 6.35. The van der Waals surface area contributed by atoms with Crippen LogP contribution < -0.4 is 5.73 Å². The molecule has 0 spiro atoms. The smallest absolute Gasteiger partial charge is 0.276 e. The minimum Gasteiger partial charge on any atom is -0.395 e. The van der Waals surface area contributed by atoms with Gasteiger partial charge in [0.15, 0.2) is 5.69 Å². The number of amides is 1. The lowest BCUT2D eigenvalue weighted by Crippen LogP contribution is -2.30. The van der Waals surface area contributed by atoms with Gasteiger partial charge in [-0.15, -0.1) is 0 Å². The second-order valence-corrected chi connectivity index (χ2v) is 5.71. The number of carbonyl (C=O) groups excluding carboxylic acids is 1. The minimum atomic E-state index is -0.268. The van der Waals surface area contributed by atoms with Crippen LogP contribution in [0.4, 0.5) is 5.69 Å². The van der Waals surface area contributed by atoms with E-state index in [1.165, 1.54) is 0 Å². The summed E-state index contributed by atoms with van der Waals surface area (Å²) in [4.78, 5) is 14.0. The molecule has 0 fully saturated rings. The number of aryl methyl sites for hydroxylation is 1. The third-order valence-corrected chi connectivity index (χ3v) is 4.07. The Labute approximate surface area is 133 Å². The third-order valence-electron chi connectivity index (χ3n) is 3.51. The van der Waals surface area contributed by atoms with E-state index in [1.807, 2.05) is 6.92 Å². The fraction of sp³-hybridized carbons (Fsp3) is 0.286. The average molecular weight is 327 g/mol. The highest BCUT2D eigenvalue weighted by atomic mass is 35.5. The van der Waals surface area contributed by atoms with Gasteiger partial charge in [0.1, 0.15) is 0 Å². The zero-order chi connectivity index (χ0) is 15.7. The maximum absolute atomic E-state index is 12.5. The summed E-state index contributed by atoms with van der Waals surface area (Å²) in [7, 11) is 1.68. The summed E-state index contributed by atoms with van der Waals surface area (Å²) in [6, 6.07) is 4.96. The van der Waals surface area contributed by atoms with Crippen molar-refractivity contribution in [3.8, 4) is 0 Å². The van der Waals surface area contributed by atoms with Crippen LogP contribution in [0.15, 0.2) is 18.2 Å². The molecule has 0 aliphatic carbocycles. The van der Waals surface area contributed by atoms with Gasteiger partial charge in [-0.1, -0.05) is 29.3 Å². The molecule has 112 valence electrons. The van der Waals surface area contributed by atoms with Crippen LogP contribution in [0.1, 0.15) is 34.7 Å². The predicted octanol–water partition coefficient (Wildman–Crippen LogP) is 3.44. The molecule has 7 heteroatoms. The summed E-state index contributed by atoms with van der Waals surface area (Å²) in [5.74, 6) is -0.268. The molecule has 21 heavy (non-hydrogen) atoms. The molecule has 1 unspecified atom stereocenters. The third kappa shape index (κ3) is 2.99. The fourth-order valence-electron chi connectivity index (χ4n) is 1.99. The number of aromatic nitrogens is 2. The lowest BCUT2D eigenvalue weighted by molar-refractivity contribution is 0.0738. The number of H-pyrrole nitrogens is 1. The number of aromatic amines is 1. The number of hydrogen-bond donors (Lipinski definition) is 2. The molecule has 0 aliphatic heterocycles. The molecular formula is C14H16Cl2N4O. The second-order valence-electron chi connectivity index (χ2n) is 4.87. The van der Waals surface area contributed by atoms with Crippen LogP contribution >= 0.6 is 23.2 Å². The Morgan fingerprint density at radius 1 is 1.43 bits per heavy atom. The second kappa shape index (κ2) is 5.95. The number of nitrogens with one attached hydrogen (secondary N) is 1. The molecule has 1 aromatic carbocycles. The van der Waals surface area contributed by atoms with Crippen molar-refractivity contribution in [1.82, 2.24) is 15.1 Å². The van der Waals surface area contributed by atoms with Gasteiger partial charge in [0.25, 0.3) is 5.91 Å². The molecule has 1 atom stereocenters. The zero-order valence-electron chi connectivity index (χ0n) is 11.9. The van der Waals surface area contributed by atoms with E-state index in [1.54, 1.807) is 37.1 Å². The van der Waals surface area contributed by atoms with Crippen molar-refractivity contribution in [3.05, 3.63) is 45.2 Å². The Bertz CT molecular complexity index is 684. The number of nitrogen functional groups attached to an aromatic ring is 1. The summed E-state index contributed by atoms with van der Waals surface area (Å²) < 4.78 is 0. The molecule has 2 rings (SSSR count). The van der Waals surface area contributed by atoms with Crippen LogP contribution in [0.3, 0.4) is 0 Å². The predicted molar refractivity (Wildman–Crippen MR) is 84.7 cm³/mol. The van der Waals surface area contributed by atoms with E-state index in [9.17, 15) is 4.79 Å². The topological polar surface area (TPSA) is 75.0 Å². The highest BCUT2D eigenvalue weighted by Crippen LogP contribution is 2.30. The van der Waals surface area contributed by atoms with E-state index in [0.717, 1.165) is 5.56 Å². The largest absolute Gasteiger partial charge is 0.395 e. The lowest BCUT2D eigenvalue weighted by Gasteiger charge is -2.25. The van der Waals surface area contributed by atoms with Crippen LogP contribution in [0.5, 0.6) is 0 Å². The first-order valence-corrected chi connectivity index (χ1v) is 7.11. The number of halogens is 2. The number of carbonyl (C=O) groups is 1. The van der Waals surface area contributed by atoms with Crippen molar-refractivity contribution in [2.45, 2.75) is 19.9 Å². The summed E-state index contributed by atoms with van der Waals surface area (Å²) in [6.07, 6.45) is 0. The van der Waals surface area contributed by atoms with Crippen molar-refractivity contribution in [2.75, 3.05) is 12.8 Å². The van der Waals surface area contributed by atoms with Gasteiger partial charge in [-0.05, 0) is 31.5 Å². The zero-order valence-corrected chi connectivity index (χ0v) is 13.5. The van der Waals surface area contributed by atoms with Crippen molar-refractivity contribution < 1.29 is 4.79 Å². The van der Waals surface area contributed by atoms with Crippen LogP contribution in [-0.4, -0.2) is 28.1 Å². The summed E-state index contributed by atoms with van der Waals surface area (Å²) in [5, 5.41) is 7.73. The molecule has 1 heterocycles. The van der Waals surface area contributed by atoms with Crippen molar-refractivity contribution >= 4 is 34.8 Å².